The second kappa shape index (κ2) is 5.05. The Labute approximate surface area is 94.0 Å². The van der Waals surface area contributed by atoms with Crippen LogP contribution in [0.15, 0.2) is 18.3 Å². The average molecular weight is 221 g/mol. The summed E-state index contributed by atoms with van der Waals surface area (Å²) < 4.78 is 5.28. The molecule has 2 heterocycles. The maximum atomic E-state index is 11.1. The zero-order valence-electron chi connectivity index (χ0n) is 8.98. The van der Waals surface area contributed by atoms with Gasteiger partial charge in [0.2, 0.25) is 0 Å². The van der Waals surface area contributed by atoms with Gasteiger partial charge in [0.15, 0.2) is 0 Å². The third kappa shape index (κ3) is 2.56. The van der Waals surface area contributed by atoms with Gasteiger partial charge in [-0.05, 0) is 18.1 Å². The van der Waals surface area contributed by atoms with Gasteiger partial charge in [-0.25, -0.2) is 0 Å². The summed E-state index contributed by atoms with van der Waals surface area (Å²) >= 11 is 0. The molecule has 1 amide bonds. The highest BCUT2D eigenvalue weighted by Crippen LogP contribution is 2.10. The van der Waals surface area contributed by atoms with Crippen molar-refractivity contribution in [1.82, 2.24) is 10.3 Å². The minimum absolute atomic E-state index is 0.314. The number of nitrogens with zero attached hydrogens (tertiary/aromatic N) is 1. The van der Waals surface area contributed by atoms with E-state index in [4.69, 9.17) is 10.5 Å². The third-order valence-corrected chi connectivity index (χ3v) is 2.61. The molecule has 86 valence electrons. The lowest BCUT2D eigenvalue weighted by Gasteiger charge is -2.26. The Bertz CT molecular complexity index is 377. The molecule has 0 aromatic carbocycles. The number of primary amides is 1. The molecule has 1 aromatic rings. The van der Waals surface area contributed by atoms with E-state index in [-0.39, 0.29) is 0 Å². The lowest BCUT2D eigenvalue weighted by Crippen LogP contribution is -2.37. The largest absolute Gasteiger partial charge is 0.377 e. The molecule has 1 aromatic heterocycles. The summed E-state index contributed by atoms with van der Waals surface area (Å²) in [6.07, 6.45) is 2.98. The monoisotopic (exact) mass is 221 g/mol. The Kier molecular flexibility index (Phi) is 3.48. The molecule has 0 saturated carbocycles. The minimum Gasteiger partial charge on any atom is -0.377 e. The van der Waals surface area contributed by atoms with Gasteiger partial charge in [-0.2, -0.15) is 0 Å². The van der Waals surface area contributed by atoms with E-state index in [1.807, 2.05) is 6.07 Å². The van der Waals surface area contributed by atoms with E-state index in [0.717, 1.165) is 25.1 Å². The summed E-state index contributed by atoms with van der Waals surface area (Å²) in [4.78, 5) is 15.1. The van der Waals surface area contributed by atoms with Gasteiger partial charge in [0, 0.05) is 25.9 Å². The molecule has 3 N–H and O–H groups in total. The van der Waals surface area contributed by atoms with E-state index in [9.17, 15) is 4.79 Å². The number of nitrogens with two attached hydrogens (primary N) is 1. The highest BCUT2D eigenvalue weighted by molar-refractivity contribution is 5.92. The van der Waals surface area contributed by atoms with Crippen LogP contribution in [-0.4, -0.2) is 30.1 Å². The average Bonchev–Trinajstić information content (AvgIpc) is 2.22. The fraction of sp³-hybridized carbons (Fsp3) is 0.455. The number of pyridine rings is 1. The van der Waals surface area contributed by atoms with Crippen molar-refractivity contribution < 1.29 is 9.53 Å². The van der Waals surface area contributed by atoms with Crippen LogP contribution in [-0.2, 0) is 11.3 Å². The predicted molar refractivity (Wildman–Crippen MR) is 58.8 cm³/mol. The van der Waals surface area contributed by atoms with Gasteiger partial charge in [0.05, 0.1) is 6.10 Å². The topological polar surface area (TPSA) is 77.2 Å². The Morgan fingerprint density at radius 3 is 3.12 bits per heavy atom. The highest BCUT2D eigenvalue weighted by Gasteiger charge is 2.17. The molecule has 1 fully saturated rings. The first-order valence-corrected chi connectivity index (χ1v) is 5.33. The molecule has 5 heteroatoms. The van der Waals surface area contributed by atoms with Gasteiger partial charge in [-0.1, -0.05) is 6.07 Å². The smallest absolute Gasteiger partial charge is 0.267 e. The van der Waals surface area contributed by atoms with E-state index in [1.54, 1.807) is 12.3 Å². The molecule has 1 atom stereocenters. The number of nitrogens with one attached hydrogen (secondary N) is 1. The number of aromatic nitrogens is 1. The second-order valence-electron chi connectivity index (χ2n) is 3.79. The Hall–Kier alpha value is -1.46. The molecule has 1 aliphatic heterocycles. The van der Waals surface area contributed by atoms with Crippen molar-refractivity contribution in [2.75, 3.05) is 13.2 Å². The highest BCUT2D eigenvalue weighted by atomic mass is 16.5. The van der Waals surface area contributed by atoms with Gasteiger partial charge in [0.25, 0.3) is 5.91 Å². The number of carbonyl (C=O) groups excluding carboxylic acids is 1. The molecule has 2 rings (SSSR count). The minimum atomic E-state index is -0.489. The van der Waals surface area contributed by atoms with Crippen molar-refractivity contribution in [3.63, 3.8) is 0 Å². The Morgan fingerprint density at radius 2 is 2.50 bits per heavy atom. The number of hydrogen-bond donors (Lipinski definition) is 2. The molecule has 16 heavy (non-hydrogen) atoms. The number of rotatable bonds is 5. The molecule has 1 unspecified atom stereocenters. The van der Waals surface area contributed by atoms with E-state index in [0.29, 0.717) is 18.3 Å². The quantitative estimate of drug-likeness (QED) is 0.737. The molecule has 0 aliphatic carbocycles. The second-order valence-corrected chi connectivity index (χ2v) is 3.79. The Balaban J connectivity index is 1.89. The number of ether oxygens (including phenoxy) is 1. The van der Waals surface area contributed by atoms with Gasteiger partial charge in [-0.3, -0.25) is 9.78 Å². The van der Waals surface area contributed by atoms with Gasteiger partial charge >= 0.3 is 0 Å². The molecular weight excluding hydrogens is 206 g/mol. The lowest BCUT2D eigenvalue weighted by molar-refractivity contribution is -0.0484. The van der Waals surface area contributed by atoms with E-state index in [1.165, 1.54) is 0 Å². The van der Waals surface area contributed by atoms with Crippen molar-refractivity contribution in [3.05, 3.63) is 29.6 Å². The van der Waals surface area contributed by atoms with Crippen LogP contribution >= 0.6 is 0 Å². The summed E-state index contributed by atoms with van der Waals surface area (Å²) in [6, 6.07) is 3.64. The van der Waals surface area contributed by atoms with E-state index in [2.05, 4.69) is 10.3 Å². The summed E-state index contributed by atoms with van der Waals surface area (Å²) in [5.74, 6) is -0.489. The van der Waals surface area contributed by atoms with Crippen molar-refractivity contribution in [1.29, 1.82) is 0 Å². The van der Waals surface area contributed by atoms with E-state index < -0.39 is 5.91 Å². The molecule has 1 aliphatic rings. The van der Waals surface area contributed by atoms with Gasteiger partial charge in [-0.15, -0.1) is 0 Å². The normalized spacial score (nSPS) is 19.1. The van der Waals surface area contributed by atoms with Crippen molar-refractivity contribution >= 4 is 5.91 Å². The fourth-order valence-corrected chi connectivity index (χ4v) is 1.62. The first-order valence-electron chi connectivity index (χ1n) is 5.33. The van der Waals surface area contributed by atoms with Crippen LogP contribution in [0.2, 0.25) is 0 Å². The molecule has 5 nitrogen and oxygen atoms in total. The molecule has 0 bridgehead atoms. The van der Waals surface area contributed by atoms with Crippen molar-refractivity contribution in [3.8, 4) is 0 Å². The molecule has 0 spiro atoms. The molecule has 0 radical (unpaired) electrons. The van der Waals surface area contributed by atoms with Crippen molar-refractivity contribution in [2.24, 2.45) is 5.73 Å². The predicted octanol–water partition coefficient (Wildman–Crippen LogP) is 0.0590. The van der Waals surface area contributed by atoms with Crippen LogP contribution in [0.1, 0.15) is 22.5 Å². The summed E-state index contributed by atoms with van der Waals surface area (Å²) in [7, 11) is 0. The maximum Gasteiger partial charge on any atom is 0.267 e. The molecular formula is C11H15N3O2. The van der Waals surface area contributed by atoms with Gasteiger partial charge in [0.1, 0.15) is 5.69 Å². The zero-order chi connectivity index (χ0) is 11.4. The number of hydrogen-bond acceptors (Lipinski definition) is 4. The lowest BCUT2D eigenvalue weighted by atomic mass is 10.1. The van der Waals surface area contributed by atoms with Crippen LogP contribution in [0.4, 0.5) is 0 Å². The Morgan fingerprint density at radius 1 is 1.69 bits per heavy atom. The first kappa shape index (κ1) is 11.0. The standard InChI is InChI=1S/C11H15N3O2/c12-11(15)10-8(2-1-4-14-10)6-13-7-9-3-5-16-9/h1-2,4,9,13H,3,5-7H2,(H2,12,15). The first-order chi connectivity index (χ1) is 7.77. The van der Waals surface area contributed by atoms with Crippen LogP contribution in [0.25, 0.3) is 0 Å². The third-order valence-electron chi connectivity index (χ3n) is 2.61. The zero-order valence-corrected chi connectivity index (χ0v) is 8.98. The van der Waals surface area contributed by atoms with Gasteiger partial charge < -0.3 is 15.8 Å². The van der Waals surface area contributed by atoms with E-state index >= 15 is 0 Å². The number of amides is 1. The summed E-state index contributed by atoms with van der Waals surface area (Å²) in [5.41, 5.74) is 6.40. The SMILES string of the molecule is NC(=O)c1ncccc1CNCC1CCO1. The number of carbonyl (C=O) groups is 1. The fourth-order valence-electron chi connectivity index (χ4n) is 1.62. The van der Waals surface area contributed by atoms with Crippen LogP contribution in [0.3, 0.4) is 0 Å². The van der Waals surface area contributed by atoms with Crippen LogP contribution in [0, 0.1) is 0 Å². The summed E-state index contributed by atoms with van der Waals surface area (Å²) in [5, 5.41) is 3.23. The van der Waals surface area contributed by atoms with Crippen LogP contribution in [0.5, 0.6) is 0 Å². The van der Waals surface area contributed by atoms with Crippen LogP contribution < -0.4 is 11.1 Å². The molecule has 1 saturated heterocycles. The summed E-state index contributed by atoms with van der Waals surface area (Å²) in [6.45, 7) is 2.24. The maximum absolute atomic E-state index is 11.1. The van der Waals surface area contributed by atoms with Crippen molar-refractivity contribution in [2.45, 2.75) is 19.1 Å².